The van der Waals surface area contributed by atoms with Crippen molar-refractivity contribution in [3.63, 3.8) is 0 Å². The fourth-order valence-electron chi connectivity index (χ4n) is 2.45. The maximum absolute atomic E-state index is 5.37. The molecule has 1 aromatic rings. The third kappa shape index (κ3) is 3.32. The van der Waals surface area contributed by atoms with Crippen molar-refractivity contribution >= 4 is 11.3 Å². The van der Waals surface area contributed by atoms with Gasteiger partial charge in [-0.1, -0.05) is 18.8 Å². The first-order valence-corrected chi connectivity index (χ1v) is 7.22. The zero-order valence-corrected chi connectivity index (χ0v) is 11.2. The molecule has 17 heavy (non-hydrogen) atoms. The van der Waals surface area contributed by atoms with Crippen LogP contribution in [0.1, 0.15) is 36.6 Å². The van der Waals surface area contributed by atoms with Crippen molar-refractivity contribution in [1.82, 2.24) is 4.90 Å². The van der Waals surface area contributed by atoms with Gasteiger partial charge in [0.1, 0.15) is 0 Å². The highest BCUT2D eigenvalue weighted by atomic mass is 32.1. The Kier molecular flexibility index (Phi) is 4.61. The fraction of sp³-hybridized carbons (Fsp3) is 0.571. The fourth-order valence-corrected chi connectivity index (χ4v) is 3.29. The van der Waals surface area contributed by atoms with E-state index in [1.807, 2.05) is 11.3 Å². The van der Waals surface area contributed by atoms with E-state index < -0.39 is 0 Å². The second-order valence-corrected chi connectivity index (χ2v) is 5.48. The van der Waals surface area contributed by atoms with Crippen molar-refractivity contribution in [2.75, 3.05) is 13.1 Å². The van der Waals surface area contributed by atoms with Gasteiger partial charge < -0.3 is 5.73 Å². The lowest BCUT2D eigenvalue weighted by Crippen LogP contribution is -2.27. The molecule has 1 saturated heterocycles. The molecule has 1 aromatic heterocycles. The smallest absolute Gasteiger partial charge is 0.0555 e. The Bertz CT molecular complexity index is 413. The van der Waals surface area contributed by atoms with Crippen LogP contribution in [0.5, 0.6) is 0 Å². The normalized spacial score (nSPS) is 20.2. The zero-order chi connectivity index (χ0) is 12.1. The molecule has 0 amide bonds. The second-order valence-electron chi connectivity index (χ2n) is 4.48. The quantitative estimate of drug-likeness (QED) is 0.833. The Hall–Kier alpha value is -0.820. The van der Waals surface area contributed by atoms with Crippen molar-refractivity contribution in [2.24, 2.45) is 5.73 Å². The van der Waals surface area contributed by atoms with Gasteiger partial charge in [-0.3, -0.25) is 4.90 Å². The van der Waals surface area contributed by atoms with Crippen molar-refractivity contribution in [3.8, 4) is 11.8 Å². The molecule has 2 nitrogen and oxygen atoms in total. The van der Waals surface area contributed by atoms with Crippen LogP contribution in [0.25, 0.3) is 0 Å². The minimum atomic E-state index is 0.440. The number of likely N-dealkylation sites (tertiary alicyclic amines) is 1. The molecule has 2 N–H and O–H groups in total. The SMILES string of the molecule is CCC1CCCN1Cc1cc(C#CCN)cs1. The summed E-state index contributed by atoms with van der Waals surface area (Å²) in [5.41, 5.74) is 6.49. The Morgan fingerprint density at radius 2 is 2.47 bits per heavy atom. The van der Waals surface area contributed by atoms with Crippen LogP contribution in [0.15, 0.2) is 11.4 Å². The summed E-state index contributed by atoms with van der Waals surface area (Å²) in [5, 5.41) is 2.13. The molecular weight excluding hydrogens is 228 g/mol. The van der Waals surface area contributed by atoms with E-state index in [0.29, 0.717) is 6.54 Å². The maximum Gasteiger partial charge on any atom is 0.0555 e. The highest BCUT2D eigenvalue weighted by Gasteiger charge is 2.22. The van der Waals surface area contributed by atoms with Gasteiger partial charge in [0.15, 0.2) is 0 Å². The lowest BCUT2D eigenvalue weighted by atomic mass is 10.2. The summed E-state index contributed by atoms with van der Waals surface area (Å²) in [6.45, 7) is 5.07. The van der Waals surface area contributed by atoms with E-state index in [4.69, 9.17) is 5.73 Å². The van der Waals surface area contributed by atoms with E-state index in [2.05, 4.69) is 35.1 Å². The summed E-state index contributed by atoms with van der Waals surface area (Å²) in [5.74, 6) is 5.99. The summed E-state index contributed by atoms with van der Waals surface area (Å²) >= 11 is 1.81. The molecule has 0 radical (unpaired) electrons. The Balaban J connectivity index is 1.96. The van der Waals surface area contributed by atoms with Crippen LogP contribution in [0.3, 0.4) is 0 Å². The highest BCUT2D eigenvalue weighted by molar-refractivity contribution is 7.10. The zero-order valence-electron chi connectivity index (χ0n) is 10.4. The van der Waals surface area contributed by atoms with Crippen LogP contribution < -0.4 is 5.73 Å². The number of thiophene rings is 1. The minimum Gasteiger partial charge on any atom is -0.320 e. The summed E-state index contributed by atoms with van der Waals surface area (Å²) in [6.07, 6.45) is 3.98. The standard InChI is InChI=1S/C14H20N2S/c1-2-13-6-4-8-16(13)10-14-9-12(11-17-14)5-3-7-15/h9,11,13H,2,4,6-8,10,15H2,1H3. The third-order valence-electron chi connectivity index (χ3n) is 3.32. The Labute approximate surface area is 108 Å². The van der Waals surface area contributed by atoms with Crippen LogP contribution in [0, 0.1) is 11.8 Å². The number of rotatable bonds is 3. The van der Waals surface area contributed by atoms with Gasteiger partial charge in [0, 0.05) is 28.4 Å². The second kappa shape index (κ2) is 6.20. The van der Waals surface area contributed by atoms with E-state index in [1.165, 1.54) is 30.7 Å². The molecule has 92 valence electrons. The first-order valence-electron chi connectivity index (χ1n) is 6.34. The van der Waals surface area contributed by atoms with Gasteiger partial charge in [0.05, 0.1) is 6.54 Å². The molecule has 1 aliphatic heterocycles. The van der Waals surface area contributed by atoms with Crippen LogP contribution in [-0.4, -0.2) is 24.0 Å². The van der Waals surface area contributed by atoms with Gasteiger partial charge in [-0.05, 0) is 31.9 Å². The van der Waals surface area contributed by atoms with Gasteiger partial charge >= 0.3 is 0 Å². The number of hydrogen-bond acceptors (Lipinski definition) is 3. The third-order valence-corrected chi connectivity index (χ3v) is 4.24. The monoisotopic (exact) mass is 248 g/mol. The van der Waals surface area contributed by atoms with Crippen molar-refractivity contribution < 1.29 is 0 Å². The highest BCUT2D eigenvalue weighted by Crippen LogP contribution is 2.24. The first kappa shape index (κ1) is 12.6. The number of nitrogens with zero attached hydrogens (tertiary/aromatic N) is 1. The minimum absolute atomic E-state index is 0.440. The molecule has 3 heteroatoms. The summed E-state index contributed by atoms with van der Waals surface area (Å²) < 4.78 is 0. The molecule has 1 unspecified atom stereocenters. The summed E-state index contributed by atoms with van der Waals surface area (Å²) in [6, 6.07) is 2.99. The predicted molar refractivity (Wildman–Crippen MR) is 74.0 cm³/mol. The van der Waals surface area contributed by atoms with Gasteiger partial charge in [0.25, 0.3) is 0 Å². The van der Waals surface area contributed by atoms with Crippen molar-refractivity contribution in [1.29, 1.82) is 0 Å². The first-order chi connectivity index (χ1) is 8.33. The summed E-state index contributed by atoms with van der Waals surface area (Å²) in [7, 11) is 0. The van der Waals surface area contributed by atoms with Crippen LogP contribution in [-0.2, 0) is 6.54 Å². The average Bonchev–Trinajstić information content (AvgIpc) is 2.96. The van der Waals surface area contributed by atoms with Crippen LogP contribution in [0.4, 0.5) is 0 Å². The van der Waals surface area contributed by atoms with Gasteiger partial charge in [-0.25, -0.2) is 0 Å². The van der Waals surface area contributed by atoms with Crippen molar-refractivity contribution in [2.45, 2.75) is 38.8 Å². The maximum atomic E-state index is 5.37. The lowest BCUT2D eigenvalue weighted by Gasteiger charge is -2.22. The van der Waals surface area contributed by atoms with E-state index >= 15 is 0 Å². The van der Waals surface area contributed by atoms with Crippen LogP contribution in [0.2, 0.25) is 0 Å². The van der Waals surface area contributed by atoms with Gasteiger partial charge in [-0.2, -0.15) is 0 Å². The molecule has 2 heterocycles. The molecule has 1 aliphatic rings. The molecule has 2 rings (SSSR count). The average molecular weight is 248 g/mol. The Morgan fingerprint density at radius 1 is 1.59 bits per heavy atom. The lowest BCUT2D eigenvalue weighted by molar-refractivity contribution is 0.242. The van der Waals surface area contributed by atoms with Crippen molar-refractivity contribution in [3.05, 3.63) is 21.9 Å². The van der Waals surface area contributed by atoms with Crippen LogP contribution >= 0.6 is 11.3 Å². The molecule has 0 saturated carbocycles. The predicted octanol–water partition coefficient (Wildman–Crippen LogP) is 2.43. The molecule has 0 bridgehead atoms. The van der Waals surface area contributed by atoms with E-state index in [-0.39, 0.29) is 0 Å². The van der Waals surface area contributed by atoms with Gasteiger partial charge in [-0.15, -0.1) is 11.3 Å². The largest absolute Gasteiger partial charge is 0.320 e. The molecule has 0 aromatic carbocycles. The number of nitrogens with two attached hydrogens (primary N) is 1. The molecule has 1 fully saturated rings. The molecular formula is C14H20N2S. The van der Waals surface area contributed by atoms with E-state index in [9.17, 15) is 0 Å². The molecule has 0 aliphatic carbocycles. The summed E-state index contributed by atoms with van der Waals surface area (Å²) in [4.78, 5) is 4.03. The topological polar surface area (TPSA) is 29.3 Å². The molecule has 0 spiro atoms. The van der Waals surface area contributed by atoms with E-state index in [1.54, 1.807) is 0 Å². The Morgan fingerprint density at radius 3 is 3.24 bits per heavy atom. The number of hydrogen-bond donors (Lipinski definition) is 1. The molecule has 1 atom stereocenters. The van der Waals surface area contributed by atoms with Gasteiger partial charge in [0.2, 0.25) is 0 Å². The van der Waals surface area contributed by atoms with E-state index in [0.717, 1.165) is 18.2 Å².